The van der Waals surface area contributed by atoms with Crippen LogP contribution in [0.2, 0.25) is 0 Å². The van der Waals surface area contributed by atoms with Gasteiger partial charge >= 0.3 is 0 Å². The van der Waals surface area contributed by atoms with Crippen LogP contribution in [0.25, 0.3) is 0 Å². The van der Waals surface area contributed by atoms with Crippen LogP contribution in [0, 0.1) is 11.3 Å². The number of hydrogen-bond donors (Lipinski definition) is 1. The molecule has 1 saturated carbocycles. The zero-order chi connectivity index (χ0) is 17.4. The molecule has 1 N–H and O–H groups in total. The minimum Gasteiger partial charge on any atom is -0.312 e. The topological polar surface area (TPSA) is 15.3 Å². The van der Waals surface area contributed by atoms with Crippen molar-refractivity contribution in [2.24, 2.45) is 11.3 Å². The van der Waals surface area contributed by atoms with Gasteiger partial charge in [0.2, 0.25) is 0 Å². The molecule has 0 radical (unpaired) electrons. The molecule has 0 aromatic rings. The van der Waals surface area contributed by atoms with Gasteiger partial charge in [-0.05, 0) is 82.7 Å². The summed E-state index contributed by atoms with van der Waals surface area (Å²) in [7, 11) is 0. The van der Waals surface area contributed by atoms with Gasteiger partial charge in [0.25, 0.3) is 0 Å². The van der Waals surface area contributed by atoms with Crippen LogP contribution in [-0.4, -0.2) is 36.6 Å². The molecule has 2 aliphatic rings. The molecule has 1 aliphatic heterocycles. The van der Waals surface area contributed by atoms with Gasteiger partial charge in [-0.1, -0.05) is 40.0 Å². The lowest BCUT2D eigenvalue weighted by Gasteiger charge is -2.47. The maximum atomic E-state index is 3.91. The Labute approximate surface area is 152 Å². The molecule has 2 unspecified atom stereocenters. The Morgan fingerprint density at radius 2 is 1.62 bits per heavy atom. The first-order valence-corrected chi connectivity index (χ1v) is 11.1. The lowest BCUT2D eigenvalue weighted by molar-refractivity contribution is 0.0507. The molecule has 1 heterocycles. The predicted octanol–water partition coefficient (Wildman–Crippen LogP) is 5.62. The third kappa shape index (κ3) is 6.33. The maximum Gasteiger partial charge on any atom is 0.00699 e. The van der Waals surface area contributed by atoms with Crippen molar-refractivity contribution in [3.8, 4) is 0 Å². The Balaban J connectivity index is 1.67. The van der Waals surface area contributed by atoms with E-state index in [1.54, 1.807) is 0 Å². The van der Waals surface area contributed by atoms with E-state index in [0.717, 1.165) is 12.0 Å². The van der Waals surface area contributed by atoms with Gasteiger partial charge in [-0.2, -0.15) is 0 Å². The van der Waals surface area contributed by atoms with Crippen LogP contribution in [0.4, 0.5) is 0 Å². The van der Waals surface area contributed by atoms with Crippen LogP contribution >= 0.6 is 0 Å². The van der Waals surface area contributed by atoms with Crippen molar-refractivity contribution in [1.29, 1.82) is 0 Å². The van der Waals surface area contributed by atoms with Crippen molar-refractivity contribution >= 4 is 0 Å². The van der Waals surface area contributed by atoms with Gasteiger partial charge < -0.3 is 10.2 Å². The molecule has 0 amide bonds. The molecule has 1 spiro atoms. The SMILES string of the molecule is CCCCC(C)NC1CCC2(CC1)CCN(CC(C)CCC)CC2. The van der Waals surface area contributed by atoms with Crippen LogP contribution < -0.4 is 5.32 Å². The van der Waals surface area contributed by atoms with Crippen molar-refractivity contribution in [3.05, 3.63) is 0 Å². The molecule has 24 heavy (non-hydrogen) atoms. The lowest BCUT2D eigenvalue weighted by atomic mass is 9.67. The van der Waals surface area contributed by atoms with E-state index in [2.05, 4.69) is 37.9 Å². The minimum absolute atomic E-state index is 0.704. The van der Waals surface area contributed by atoms with Crippen molar-refractivity contribution in [3.63, 3.8) is 0 Å². The minimum atomic E-state index is 0.704. The van der Waals surface area contributed by atoms with E-state index >= 15 is 0 Å². The van der Waals surface area contributed by atoms with E-state index < -0.39 is 0 Å². The maximum absolute atomic E-state index is 3.91. The standard InChI is InChI=1S/C22H44N2/c1-5-7-9-20(4)23-21-10-12-22(13-11-21)14-16-24(17-15-22)18-19(3)8-6-2/h19-21,23H,5-18H2,1-4H3. The zero-order valence-electron chi connectivity index (χ0n) is 17.1. The number of hydrogen-bond acceptors (Lipinski definition) is 2. The number of rotatable bonds is 9. The summed E-state index contributed by atoms with van der Waals surface area (Å²) in [6, 6.07) is 1.51. The molecule has 2 fully saturated rings. The molecule has 142 valence electrons. The quantitative estimate of drug-likeness (QED) is 0.588. The van der Waals surface area contributed by atoms with Gasteiger partial charge in [0.1, 0.15) is 0 Å². The molecule has 1 saturated heterocycles. The number of nitrogens with one attached hydrogen (secondary N) is 1. The summed E-state index contributed by atoms with van der Waals surface area (Å²) in [4.78, 5) is 2.75. The van der Waals surface area contributed by atoms with Crippen LogP contribution in [0.5, 0.6) is 0 Å². The predicted molar refractivity (Wildman–Crippen MR) is 107 cm³/mol. The van der Waals surface area contributed by atoms with Gasteiger partial charge in [0, 0.05) is 18.6 Å². The van der Waals surface area contributed by atoms with Crippen LogP contribution in [0.15, 0.2) is 0 Å². The summed E-state index contributed by atoms with van der Waals surface area (Å²) in [5, 5.41) is 3.91. The first-order chi connectivity index (χ1) is 11.6. The Morgan fingerprint density at radius 1 is 0.958 bits per heavy atom. The first-order valence-electron chi connectivity index (χ1n) is 11.1. The van der Waals surface area contributed by atoms with E-state index in [9.17, 15) is 0 Å². The van der Waals surface area contributed by atoms with Gasteiger partial charge in [-0.25, -0.2) is 0 Å². The summed E-state index contributed by atoms with van der Waals surface area (Å²) in [5.74, 6) is 0.883. The lowest BCUT2D eigenvalue weighted by Crippen LogP contribution is -2.46. The average Bonchev–Trinajstić information content (AvgIpc) is 2.58. The Kier molecular flexibility index (Phi) is 8.57. The van der Waals surface area contributed by atoms with Gasteiger partial charge in [0.15, 0.2) is 0 Å². The molecule has 0 bridgehead atoms. The normalized spacial score (nSPS) is 25.0. The summed E-state index contributed by atoms with van der Waals surface area (Å²) < 4.78 is 0. The number of piperidine rings is 1. The van der Waals surface area contributed by atoms with Gasteiger partial charge in [0.05, 0.1) is 0 Å². The van der Waals surface area contributed by atoms with Crippen molar-refractivity contribution < 1.29 is 0 Å². The number of unbranched alkanes of at least 4 members (excludes halogenated alkanes) is 1. The third-order valence-corrected chi connectivity index (χ3v) is 6.83. The van der Waals surface area contributed by atoms with E-state index in [-0.39, 0.29) is 0 Å². The highest BCUT2D eigenvalue weighted by Crippen LogP contribution is 2.44. The van der Waals surface area contributed by atoms with Crippen molar-refractivity contribution in [1.82, 2.24) is 10.2 Å². The van der Waals surface area contributed by atoms with E-state index in [1.165, 1.54) is 90.3 Å². The fraction of sp³-hybridized carbons (Fsp3) is 1.00. The number of nitrogens with zero attached hydrogens (tertiary/aromatic N) is 1. The van der Waals surface area contributed by atoms with Gasteiger partial charge in [-0.3, -0.25) is 0 Å². The molecule has 0 aromatic heterocycles. The summed E-state index contributed by atoms with van der Waals surface area (Å²) in [6.07, 6.45) is 15.5. The molecule has 2 atom stereocenters. The molecular weight excluding hydrogens is 292 g/mol. The Bertz CT molecular complexity index is 323. The van der Waals surface area contributed by atoms with Crippen LogP contribution in [0.3, 0.4) is 0 Å². The Morgan fingerprint density at radius 3 is 2.21 bits per heavy atom. The fourth-order valence-corrected chi connectivity index (χ4v) is 5.13. The highest BCUT2D eigenvalue weighted by Gasteiger charge is 2.38. The highest BCUT2D eigenvalue weighted by molar-refractivity contribution is 4.92. The molecule has 2 rings (SSSR count). The second kappa shape index (κ2) is 10.2. The second-order valence-electron chi connectivity index (χ2n) is 9.18. The summed E-state index contributed by atoms with van der Waals surface area (Å²) in [5.41, 5.74) is 0.704. The zero-order valence-corrected chi connectivity index (χ0v) is 17.1. The fourth-order valence-electron chi connectivity index (χ4n) is 5.13. The smallest absolute Gasteiger partial charge is 0.00699 e. The Hall–Kier alpha value is -0.0800. The molecular formula is C22H44N2. The molecule has 0 aromatic carbocycles. The average molecular weight is 337 g/mol. The van der Waals surface area contributed by atoms with E-state index in [4.69, 9.17) is 0 Å². The molecule has 2 nitrogen and oxygen atoms in total. The monoisotopic (exact) mass is 336 g/mol. The second-order valence-corrected chi connectivity index (χ2v) is 9.18. The van der Waals surface area contributed by atoms with Crippen LogP contribution in [-0.2, 0) is 0 Å². The van der Waals surface area contributed by atoms with Crippen LogP contribution in [0.1, 0.15) is 98.3 Å². The molecule has 2 heteroatoms. The van der Waals surface area contributed by atoms with Gasteiger partial charge in [-0.15, -0.1) is 0 Å². The van der Waals surface area contributed by atoms with Crippen molar-refractivity contribution in [2.75, 3.05) is 19.6 Å². The van der Waals surface area contributed by atoms with E-state index in [0.29, 0.717) is 11.5 Å². The summed E-state index contributed by atoms with van der Waals surface area (Å²) >= 11 is 0. The summed E-state index contributed by atoms with van der Waals surface area (Å²) in [6.45, 7) is 13.5. The highest BCUT2D eigenvalue weighted by atomic mass is 15.1. The number of likely N-dealkylation sites (tertiary alicyclic amines) is 1. The first kappa shape index (κ1) is 20.2. The largest absolute Gasteiger partial charge is 0.312 e. The van der Waals surface area contributed by atoms with E-state index in [1.807, 2.05) is 0 Å². The third-order valence-electron chi connectivity index (χ3n) is 6.83. The van der Waals surface area contributed by atoms with Crippen molar-refractivity contribution in [2.45, 2.75) is 110 Å². The molecule has 1 aliphatic carbocycles.